The number of aryl methyl sites for hydroxylation is 2. The van der Waals surface area contributed by atoms with Gasteiger partial charge < -0.3 is 5.32 Å². The Labute approximate surface area is 229 Å². The van der Waals surface area contributed by atoms with E-state index in [0.717, 1.165) is 16.5 Å². The number of aromatic nitrogens is 6. The number of nitrogens with one attached hydrogen (secondary N) is 1. The largest absolute Gasteiger partial charge is 0.344 e. The van der Waals surface area contributed by atoms with Crippen molar-refractivity contribution < 1.29 is 9.18 Å². The standard InChI is InChI=1S/C31H24FN7O/c1-19-28(30-33-13-6-14-39(30)37-19)31(40)35-20(2)29-26(23-8-4-9-24(32)15-23)16-25-22(7-5-10-27(25)36-29)12-11-21-17-34-38(3)18-21/h4-10,13-18,20H,1-3H3,(H,35,40)/t20-/m0/s1. The molecule has 0 aliphatic heterocycles. The van der Waals surface area contributed by atoms with Crippen molar-refractivity contribution in [1.82, 2.24) is 34.7 Å². The molecular weight excluding hydrogens is 505 g/mol. The Hall–Kier alpha value is -5.36. The van der Waals surface area contributed by atoms with E-state index in [1.807, 2.05) is 50.5 Å². The fraction of sp³-hybridized carbons (Fsp3) is 0.129. The summed E-state index contributed by atoms with van der Waals surface area (Å²) in [5.41, 5.74) is 5.67. The van der Waals surface area contributed by atoms with Gasteiger partial charge in [-0.15, -0.1) is 0 Å². The highest BCUT2D eigenvalue weighted by Gasteiger charge is 2.23. The quantitative estimate of drug-likeness (QED) is 0.324. The Morgan fingerprint density at radius 1 is 1.10 bits per heavy atom. The van der Waals surface area contributed by atoms with Gasteiger partial charge in [-0.25, -0.2) is 18.9 Å². The van der Waals surface area contributed by atoms with Gasteiger partial charge in [-0.3, -0.25) is 9.48 Å². The van der Waals surface area contributed by atoms with Crippen molar-refractivity contribution in [3.63, 3.8) is 0 Å². The van der Waals surface area contributed by atoms with Crippen LogP contribution in [0, 0.1) is 24.6 Å². The molecule has 9 heteroatoms. The van der Waals surface area contributed by atoms with Crippen LogP contribution in [0.15, 0.2) is 79.4 Å². The molecule has 4 heterocycles. The first-order valence-electron chi connectivity index (χ1n) is 12.7. The Morgan fingerprint density at radius 3 is 2.75 bits per heavy atom. The van der Waals surface area contributed by atoms with E-state index < -0.39 is 6.04 Å². The Bertz CT molecular complexity index is 1980. The number of nitrogens with zero attached hydrogens (tertiary/aromatic N) is 6. The van der Waals surface area contributed by atoms with E-state index in [9.17, 15) is 9.18 Å². The molecule has 0 unspecified atom stereocenters. The summed E-state index contributed by atoms with van der Waals surface area (Å²) in [6, 6.07) is 15.3. The van der Waals surface area contributed by atoms with Gasteiger partial charge in [0.25, 0.3) is 5.91 Å². The number of carbonyl (C=O) groups is 1. The molecule has 8 nitrogen and oxygen atoms in total. The van der Waals surface area contributed by atoms with E-state index in [0.29, 0.717) is 39.2 Å². The topological polar surface area (TPSA) is 90.0 Å². The number of halogens is 1. The van der Waals surface area contributed by atoms with Gasteiger partial charge in [0.15, 0.2) is 5.65 Å². The molecule has 1 amide bonds. The van der Waals surface area contributed by atoms with E-state index in [1.54, 1.807) is 46.8 Å². The monoisotopic (exact) mass is 529 g/mol. The van der Waals surface area contributed by atoms with Gasteiger partial charge in [-0.05, 0) is 55.8 Å². The van der Waals surface area contributed by atoms with Gasteiger partial charge in [-0.2, -0.15) is 10.2 Å². The van der Waals surface area contributed by atoms with Crippen molar-refractivity contribution in [2.75, 3.05) is 0 Å². The second-order valence-electron chi connectivity index (χ2n) is 9.50. The predicted octanol–water partition coefficient (Wildman–Crippen LogP) is 5.02. The lowest BCUT2D eigenvalue weighted by Gasteiger charge is -2.19. The first-order valence-corrected chi connectivity index (χ1v) is 12.7. The number of benzene rings is 2. The molecule has 1 atom stereocenters. The zero-order valence-corrected chi connectivity index (χ0v) is 22.1. The Balaban J connectivity index is 1.45. The second-order valence-corrected chi connectivity index (χ2v) is 9.50. The van der Waals surface area contributed by atoms with Crippen LogP contribution in [0.25, 0.3) is 27.7 Å². The van der Waals surface area contributed by atoms with Gasteiger partial charge in [0.1, 0.15) is 11.4 Å². The van der Waals surface area contributed by atoms with Gasteiger partial charge in [0, 0.05) is 42.2 Å². The van der Waals surface area contributed by atoms with Gasteiger partial charge in [0.2, 0.25) is 0 Å². The van der Waals surface area contributed by atoms with Crippen LogP contribution in [0.4, 0.5) is 4.39 Å². The fourth-order valence-electron chi connectivity index (χ4n) is 4.76. The summed E-state index contributed by atoms with van der Waals surface area (Å²) in [6.45, 7) is 3.63. The van der Waals surface area contributed by atoms with Crippen LogP contribution in [-0.4, -0.2) is 35.3 Å². The molecule has 0 aliphatic carbocycles. The van der Waals surface area contributed by atoms with Gasteiger partial charge in [0.05, 0.1) is 34.7 Å². The average molecular weight is 530 g/mol. The van der Waals surface area contributed by atoms with Crippen molar-refractivity contribution in [2.45, 2.75) is 19.9 Å². The second kappa shape index (κ2) is 10.1. The maximum atomic E-state index is 14.3. The van der Waals surface area contributed by atoms with Crippen LogP contribution < -0.4 is 5.32 Å². The van der Waals surface area contributed by atoms with E-state index >= 15 is 0 Å². The van der Waals surface area contributed by atoms with Crippen molar-refractivity contribution in [3.05, 3.63) is 113 Å². The summed E-state index contributed by atoms with van der Waals surface area (Å²) >= 11 is 0. The molecule has 2 aromatic carbocycles. The maximum absolute atomic E-state index is 14.3. The van der Waals surface area contributed by atoms with Crippen LogP contribution in [0.5, 0.6) is 0 Å². The van der Waals surface area contributed by atoms with Crippen LogP contribution in [0.2, 0.25) is 0 Å². The molecule has 40 heavy (non-hydrogen) atoms. The third kappa shape index (κ3) is 4.67. The molecular formula is C31H24FN7O. The summed E-state index contributed by atoms with van der Waals surface area (Å²) in [6.07, 6.45) is 6.92. The number of pyridine rings is 1. The van der Waals surface area contributed by atoms with Crippen LogP contribution in [0.3, 0.4) is 0 Å². The molecule has 0 spiro atoms. The third-order valence-corrected chi connectivity index (χ3v) is 6.63. The average Bonchev–Trinajstić information content (AvgIpc) is 3.52. The van der Waals surface area contributed by atoms with Crippen molar-refractivity contribution in [2.24, 2.45) is 7.05 Å². The smallest absolute Gasteiger partial charge is 0.257 e. The Kier molecular flexibility index (Phi) is 6.28. The summed E-state index contributed by atoms with van der Waals surface area (Å²) in [5, 5.41) is 12.5. The normalized spacial score (nSPS) is 11.8. The zero-order valence-electron chi connectivity index (χ0n) is 22.1. The molecule has 196 valence electrons. The minimum atomic E-state index is -0.515. The lowest BCUT2D eigenvalue weighted by atomic mass is 9.96. The van der Waals surface area contributed by atoms with E-state index in [4.69, 9.17) is 4.98 Å². The lowest BCUT2D eigenvalue weighted by molar-refractivity contribution is 0.0940. The van der Waals surface area contributed by atoms with E-state index in [-0.39, 0.29) is 11.7 Å². The minimum absolute atomic E-state index is 0.318. The number of hydrogen-bond acceptors (Lipinski definition) is 5. The first-order chi connectivity index (χ1) is 19.4. The Morgan fingerprint density at radius 2 is 1.95 bits per heavy atom. The fourth-order valence-corrected chi connectivity index (χ4v) is 4.76. The molecule has 0 radical (unpaired) electrons. The first kappa shape index (κ1) is 24.9. The molecule has 0 saturated heterocycles. The molecule has 6 rings (SSSR count). The summed E-state index contributed by atoms with van der Waals surface area (Å²) in [7, 11) is 1.84. The van der Waals surface area contributed by atoms with Crippen LogP contribution in [0.1, 0.15) is 45.8 Å². The highest BCUT2D eigenvalue weighted by atomic mass is 19.1. The van der Waals surface area contributed by atoms with Crippen molar-refractivity contribution in [1.29, 1.82) is 0 Å². The number of rotatable bonds is 4. The number of amides is 1. The molecule has 0 aliphatic rings. The predicted molar refractivity (Wildman–Crippen MR) is 150 cm³/mol. The molecule has 0 fully saturated rings. The number of hydrogen-bond donors (Lipinski definition) is 1. The number of carbonyl (C=O) groups excluding carboxylic acids is 1. The van der Waals surface area contributed by atoms with Crippen molar-refractivity contribution >= 4 is 22.5 Å². The zero-order chi connectivity index (χ0) is 27.8. The summed E-state index contributed by atoms with van der Waals surface area (Å²) < 4.78 is 17.6. The SMILES string of the molecule is Cc1nn2cccnc2c1C(=O)N[C@@H](C)c1nc2cccc(C#Cc3cnn(C)c3)c2cc1-c1cccc(F)c1. The third-order valence-electron chi connectivity index (χ3n) is 6.63. The molecule has 6 aromatic rings. The van der Waals surface area contributed by atoms with Crippen LogP contribution >= 0.6 is 0 Å². The van der Waals surface area contributed by atoms with Crippen LogP contribution in [-0.2, 0) is 7.05 Å². The summed E-state index contributed by atoms with van der Waals surface area (Å²) in [5.74, 6) is 5.70. The van der Waals surface area contributed by atoms with Crippen molar-refractivity contribution in [3.8, 4) is 23.0 Å². The highest BCUT2D eigenvalue weighted by Crippen LogP contribution is 2.32. The van der Waals surface area contributed by atoms with Gasteiger partial charge >= 0.3 is 0 Å². The van der Waals surface area contributed by atoms with E-state index in [1.165, 1.54) is 12.1 Å². The number of fused-ring (bicyclic) bond motifs is 2. The molecule has 0 bridgehead atoms. The highest BCUT2D eigenvalue weighted by molar-refractivity contribution is 6.01. The molecule has 1 N–H and O–H groups in total. The summed E-state index contributed by atoms with van der Waals surface area (Å²) in [4.78, 5) is 22.7. The molecule has 0 saturated carbocycles. The minimum Gasteiger partial charge on any atom is -0.344 e. The van der Waals surface area contributed by atoms with E-state index in [2.05, 4.69) is 32.3 Å². The lowest BCUT2D eigenvalue weighted by Crippen LogP contribution is -2.28. The van der Waals surface area contributed by atoms with Gasteiger partial charge in [-0.1, -0.05) is 30.0 Å². The maximum Gasteiger partial charge on any atom is 0.257 e. The molecule has 4 aromatic heterocycles.